The highest BCUT2D eigenvalue weighted by Gasteiger charge is 2.22. The fourth-order valence-corrected chi connectivity index (χ4v) is 3.49. The van der Waals surface area contributed by atoms with Crippen molar-refractivity contribution in [2.45, 2.75) is 27.7 Å². The normalized spacial score (nSPS) is 13.3. The quantitative estimate of drug-likeness (QED) is 0.341. The predicted octanol–water partition coefficient (Wildman–Crippen LogP) is 1.88. The second-order valence-electron chi connectivity index (χ2n) is 5.94. The first-order valence-electron chi connectivity index (χ1n) is 6.13. The molecule has 0 aliphatic heterocycles. The number of amidine groups is 1. The lowest BCUT2D eigenvalue weighted by atomic mass is 10.0. The van der Waals surface area contributed by atoms with Gasteiger partial charge in [0.25, 0.3) is 0 Å². The molecule has 6 nitrogen and oxygen atoms in total. The highest BCUT2D eigenvalue weighted by molar-refractivity contribution is 7.92. The zero-order valence-corrected chi connectivity index (χ0v) is 13.0. The van der Waals surface area contributed by atoms with Crippen LogP contribution in [-0.4, -0.2) is 25.2 Å². The Kier molecular flexibility index (Phi) is 4.65. The summed E-state index contributed by atoms with van der Waals surface area (Å²) >= 11 is 0. The van der Waals surface area contributed by atoms with Crippen molar-refractivity contribution in [2.24, 2.45) is 16.3 Å². The molecule has 7 heteroatoms. The molecule has 112 valence electrons. The molecular formula is C13H21N3O3S. The van der Waals surface area contributed by atoms with E-state index in [4.69, 9.17) is 10.9 Å². The highest BCUT2D eigenvalue weighted by Crippen LogP contribution is 2.22. The molecule has 20 heavy (non-hydrogen) atoms. The number of sulfonamides is 1. The van der Waals surface area contributed by atoms with Crippen LogP contribution < -0.4 is 10.5 Å². The summed E-state index contributed by atoms with van der Waals surface area (Å²) in [6.07, 6.45) is 0. The van der Waals surface area contributed by atoms with Crippen molar-refractivity contribution in [3.63, 3.8) is 0 Å². The molecule has 1 rings (SSSR count). The summed E-state index contributed by atoms with van der Waals surface area (Å²) < 4.78 is 26.7. The highest BCUT2D eigenvalue weighted by atomic mass is 32.2. The minimum Gasteiger partial charge on any atom is -0.409 e. The Bertz CT molecular complexity index is 616. The van der Waals surface area contributed by atoms with E-state index in [9.17, 15) is 8.42 Å². The Labute approximate surface area is 119 Å². The number of nitrogens with two attached hydrogens (primary N) is 1. The van der Waals surface area contributed by atoms with Gasteiger partial charge in [0, 0.05) is 5.56 Å². The van der Waals surface area contributed by atoms with Crippen molar-refractivity contribution in [1.29, 1.82) is 0 Å². The lowest BCUT2D eigenvalue weighted by Gasteiger charge is -2.19. The monoisotopic (exact) mass is 299 g/mol. The largest absolute Gasteiger partial charge is 0.409 e. The average Bonchev–Trinajstić information content (AvgIpc) is 2.27. The second kappa shape index (κ2) is 5.70. The number of aryl methyl sites for hydroxylation is 1. The first kappa shape index (κ1) is 16.3. The van der Waals surface area contributed by atoms with E-state index in [-0.39, 0.29) is 17.0 Å². The van der Waals surface area contributed by atoms with Crippen LogP contribution in [0.1, 0.15) is 31.9 Å². The van der Waals surface area contributed by atoms with E-state index in [0.717, 1.165) is 5.56 Å². The zero-order chi connectivity index (χ0) is 15.6. The summed E-state index contributed by atoms with van der Waals surface area (Å²) in [5, 5.41) is 11.6. The van der Waals surface area contributed by atoms with E-state index in [1.54, 1.807) is 25.1 Å². The number of hydrogen-bond donors (Lipinski definition) is 3. The number of benzene rings is 1. The zero-order valence-electron chi connectivity index (χ0n) is 12.1. The molecule has 0 saturated heterocycles. The van der Waals surface area contributed by atoms with Crippen molar-refractivity contribution < 1.29 is 13.6 Å². The molecule has 0 aliphatic rings. The smallest absolute Gasteiger partial charge is 0.233 e. The summed E-state index contributed by atoms with van der Waals surface area (Å²) in [6, 6.07) is 4.92. The van der Waals surface area contributed by atoms with Crippen LogP contribution in [0.5, 0.6) is 0 Å². The minimum atomic E-state index is -3.46. The van der Waals surface area contributed by atoms with Gasteiger partial charge in [-0.05, 0) is 24.0 Å². The van der Waals surface area contributed by atoms with Gasteiger partial charge < -0.3 is 10.9 Å². The van der Waals surface area contributed by atoms with Crippen LogP contribution in [0.25, 0.3) is 0 Å². The van der Waals surface area contributed by atoms with Gasteiger partial charge in [-0.15, -0.1) is 0 Å². The third-order valence-electron chi connectivity index (χ3n) is 2.53. The Balaban J connectivity index is 3.09. The Hall–Kier alpha value is -1.76. The topological polar surface area (TPSA) is 105 Å². The van der Waals surface area contributed by atoms with Gasteiger partial charge in [0.05, 0.1) is 11.4 Å². The molecule has 4 N–H and O–H groups in total. The fraction of sp³-hybridized carbons (Fsp3) is 0.462. The maximum absolute atomic E-state index is 12.1. The van der Waals surface area contributed by atoms with Gasteiger partial charge in [0.2, 0.25) is 10.0 Å². The van der Waals surface area contributed by atoms with Crippen LogP contribution in [-0.2, 0) is 10.0 Å². The van der Waals surface area contributed by atoms with Crippen molar-refractivity contribution in [3.05, 3.63) is 29.3 Å². The van der Waals surface area contributed by atoms with Crippen LogP contribution in [0.4, 0.5) is 5.69 Å². The lowest BCUT2D eigenvalue weighted by molar-refractivity contribution is 0.318. The fourth-order valence-electron chi connectivity index (χ4n) is 1.72. The van der Waals surface area contributed by atoms with Gasteiger partial charge in [0.15, 0.2) is 5.84 Å². The van der Waals surface area contributed by atoms with Gasteiger partial charge in [-0.1, -0.05) is 38.1 Å². The SMILES string of the molecule is Cc1ccc(C(N)=NO)cc1NS(=O)(=O)CC(C)(C)C. The van der Waals surface area contributed by atoms with E-state index in [1.165, 1.54) is 0 Å². The lowest BCUT2D eigenvalue weighted by Crippen LogP contribution is -2.26. The number of nitrogens with one attached hydrogen (secondary N) is 1. The van der Waals surface area contributed by atoms with Crippen molar-refractivity contribution >= 4 is 21.5 Å². The molecule has 0 fully saturated rings. The maximum Gasteiger partial charge on any atom is 0.233 e. The Morgan fingerprint density at radius 1 is 1.40 bits per heavy atom. The van der Waals surface area contributed by atoms with Crippen molar-refractivity contribution in [1.82, 2.24) is 0 Å². The van der Waals surface area contributed by atoms with Crippen LogP contribution >= 0.6 is 0 Å². The third-order valence-corrected chi connectivity index (χ3v) is 4.31. The number of anilines is 1. The summed E-state index contributed by atoms with van der Waals surface area (Å²) in [4.78, 5) is 0. The Morgan fingerprint density at radius 3 is 2.50 bits per heavy atom. The minimum absolute atomic E-state index is 0.00718. The predicted molar refractivity (Wildman–Crippen MR) is 80.6 cm³/mol. The van der Waals surface area contributed by atoms with Gasteiger partial charge >= 0.3 is 0 Å². The molecule has 0 radical (unpaired) electrons. The van der Waals surface area contributed by atoms with Gasteiger partial charge in [-0.25, -0.2) is 8.42 Å². The maximum atomic E-state index is 12.1. The molecule has 0 saturated carbocycles. The first-order chi connectivity index (χ1) is 9.04. The molecule has 0 spiro atoms. The van der Waals surface area contributed by atoms with Crippen LogP contribution in [0.3, 0.4) is 0 Å². The first-order valence-corrected chi connectivity index (χ1v) is 7.78. The van der Waals surface area contributed by atoms with E-state index >= 15 is 0 Å². The van der Waals surface area contributed by atoms with E-state index in [2.05, 4.69) is 9.88 Å². The molecule has 0 unspecified atom stereocenters. The van der Waals surface area contributed by atoms with Crippen molar-refractivity contribution in [3.8, 4) is 0 Å². The number of nitrogens with zero attached hydrogens (tertiary/aromatic N) is 1. The van der Waals surface area contributed by atoms with Crippen molar-refractivity contribution in [2.75, 3.05) is 10.5 Å². The van der Waals surface area contributed by atoms with Crippen LogP contribution in [0, 0.1) is 12.3 Å². The van der Waals surface area contributed by atoms with Gasteiger partial charge in [-0.3, -0.25) is 4.72 Å². The van der Waals surface area contributed by atoms with E-state index < -0.39 is 10.0 Å². The van der Waals surface area contributed by atoms with Crippen LogP contribution in [0.15, 0.2) is 23.4 Å². The molecule has 0 heterocycles. The molecule has 0 aromatic heterocycles. The number of oxime groups is 1. The molecule has 0 atom stereocenters. The van der Waals surface area contributed by atoms with Crippen LogP contribution in [0.2, 0.25) is 0 Å². The summed E-state index contributed by atoms with van der Waals surface area (Å²) in [7, 11) is -3.46. The number of rotatable bonds is 4. The third kappa shape index (κ3) is 4.73. The number of hydrogen-bond acceptors (Lipinski definition) is 4. The second-order valence-corrected chi connectivity index (χ2v) is 7.66. The molecule has 1 aromatic carbocycles. The summed E-state index contributed by atoms with van der Waals surface area (Å²) in [5.41, 5.74) is 6.80. The molecule has 0 aliphatic carbocycles. The molecule has 0 amide bonds. The summed E-state index contributed by atoms with van der Waals surface area (Å²) in [6.45, 7) is 7.34. The summed E-state index contributed by atoms with van der Waals surface area (Å²) in [5.74, 6) is -0.0611. The standard InChI is InChI=1S/C13H21N3O3S/c1-9-5-6-10(12(14)15-17)7-11(9)16-20(18,19)8-13(2,3)4/h5-7,16-17H,8H2,1-4H3,(H2,14,15). The molecule has 0 bridgehead atoms. The van der Waals surface area contributed by atoms with Gasteiger partial charge in [-0.2, -0.15) is 0 Å². The van der Waals surface area contributed by atoms with E-state index in [1.807, 2.05) is 20.8 Å². The van der Waals surface area contributed by atoms with E-state index in [0.29, 0.717) is 11.3 Å². The molecule has 1 aromatic rings. The average molecular weight is 299 g/mol. The molecular weight excluding hydrogens is 278 g/mol. The van der Waals surface area contributed by atoms with Gasteiger partial charge in [0.1, 0.15) is 0 Å². The Morgan fingerprint density at radius 2 is 2.00 bits per heavy atom.